The number of fused-ring (bicyclic) bond motifs is 4. The van der Waals surface area contributed by atoms with Crippen LogP contribution in [0.1, 0.15) is 0 Å². The van der Waals surface area contributed by atoms with Gasteiger partial charge in [-0.1, -0.05) is 212 Å². The lowest BCUT2D eigenvalue weighted by Gasteiger charge is -2.29. The molecular formula is C60H41N. The van der Waals surface area contributed by atoms with Gasteiger partial charge in [0.2, 0.25) is 0 Å². The molecule has 1 heteroatoms. The minimum atomic E-state index is 1.08. The topological polar surface area (TPSA) is 3.24 Å². The highest BCUT2D eigenvalue weighted by molar-refractivity contribution is 6.12. The van der Waals surface area contributed by atoms with Gasteiger partial charge in [-0.3, -0.25) is 0 Å². The lowest BCUT2D eigenvalue weighted by Crippen LogP contribution is -2.11. The molecule has 0 aliphatic carbocycles. The summed E-state index contributed by atoms with van der Waals surface area (Å²) in [4.78, 5) is 2.43. The van der Waals surface area contributed by atoms with Crippen LogP contribution in [0.15, 0.2) is 249 Å². The number of benzene rings is 11. The van der Waals surface area contributed by atoms with E-state index in [0.717, 1.165) is 22.6 Å². The van der Waals surface area contributed by atoms with Gasteiger partial charge in [-0.2, -0.15) is 0 Å². The van der Waals surface area contributed by atoms with Gasteiger partial charge in [0.1, 0.15) is 0 Å². The second-order valence-corrected chi connectivity index (χ2v) is 15.7. The van der Waals surface area contributed by atoms with E-state index in [1.54, 1.807) is 0 Å². The van der Waals surface area contributed by atoms with Crippen LogP contribution in [0.3, 0.4) is 0 Å². The van der Waals surface area contributed by atoms with Crippen LogP contribution in [0.2, 0.25) is 0 Å². The van der Waals surface area contributed by atoms with Gasteiger partial charge >= 0.3 is 0 Å². The molecule has 0 atom stereocenters. The van der Waals surface area contributed by atoms with Crippen LogP contribution in [-0.2, 0) is 0 Å². The maximum atomic E-state index is 2.43. The second-order valence-electron chi connectivity index (χ2n) is 15.7. The fraction of sp³-hybridized carbons (Fsp3) is 0. The summed E-state index contributed by atoms with van der Waals surface area (Å²) in [5.41, 5.74) is 15.2. The zero-order valence-electron chi connectivity index (χ0n) is 33.6. The van der Waals surface area contributed by atoms with Crippen LogP contribution in [0.5, 0.6) is 0 Å². The van der Waals surface area contributed by atoms with Crippen LogP contribution >= 0.6 is 0 Å². The van der Waals surface area contributed by atoms with Gasteiger partial charge in [0.25, 0.3) is 0 Å². The Hall–Kier alpha value is -8.00. The molecule has 0 unspecified atom stereocenters. The van der Waals surface area contributed by atoms with Crippen molar-refractivity contribution in [1.29, 1.82) is 0 Å². The molecule has 0 aliphatic heterocycles. The van der Waals surface area contributed by atoms with Crippen molar-refractivity contribution in [2.75, 3.05) is 4.90 Å². The molecule has 1 nitrogen and oxygen atoms in total. The van der Waals surface area contributed by atoms with Crippen molar-refractivity contribution in [3.63, 3.8) is 0 Å². The van der Waals surface area contributed by atoms with Crippen molar-refractivity contribution < 1.29 is 0 Å². The van der Waals surface area contributed by atoms with Crippen molar-refractivity contribution in [3.05, 3.63) is 249 Å². The van der Waals surface area contributed by atoms with Gasteiger partial charge in [-0.15, -0.1) is 0 Å². The van der Waals surface area contributed by atoms with Gasteiger partial charge in [0.15, 0.2) is 0 Å². The zero-order chi connectivity index (χ0) is 40.5. The highest BCUT2D eigenvalue weighted by Gasteiger charge is 2.20. The first-order chi connectivity index (χ1) is 30.2. The van der Waals surface area contributed by atoms with Crippen LogP contribution in [0.25, 0.3) is 88.0 Å². The molecular weight excluding hydrogens is 735 g/mol. The third-order valence-corrected chi connectivity index (χ3v) is 12.1. The van der Waals surface area contributed by atoms with Gasteiger partial charge in [0, 0.05) is 16.9 Å². The van der Waals surface area contributed by atoms with E-state index in [-0.39, 0.29) is 0 Å². The number of rotatable bonds is 8. The molecule has 0 spiro atoms. The minimum absolute atomic E-state index is 1.08. The average Bonchev–Trinajstić information content (AvgIpc) is 3.34. The van der Waals surface area contributed by atoms with Crippen molar-refractivity contribution in [2.24, 2.45) is 0 Å². The average molecular weight is 776 g/mol. The molecule has 11 rings (SSSR count). The van der Waals surface area contributed by atoms with E-state index in [1.165, 1.54) is 82.4 Å². The first kappa shape index (κ1) is 36.1. The van der Waals surface area contributed by atoms with Crippen molar-refractivity contribution in [1.82, 2.24) is 0 Å². The largest absolute Gasteiger partial charge is 0.310 e. The fourth-order valence-electron chi connectivity index (χ4n) is 9.04. The molecule has 0 bridgehead atoms. The third kappa shape index (κ3) is 6.83. The molecule has 0 N–H and O–H groups in total. The number of hydrogen-bond acceptors (Lipinski definition) is 1. The van der Waals surface area contributed by atoms with E-state index in [9.17, 15) is 0 Å². The molecule has 286 valence electrons. The molecule has 0 aromatic heterocycles. The summed E-state index contributed by atoms with van der Waals surface area (Å²) in [6.45, 7) is 0. The normalized spacial score (nSPS) is 11.3. The summed E-state index contributed by atoms with van der Waals surface area (Å²) in [6, 6.07) is 90.5. The van der Waals surface area contributed by atoms with Gasteiger partial charge in [-0.05, 0) is 119 Å². The number of anilines is 3. The molecule has 0 saturated carbocycles. The third-order valence-electron chi connectivity index (χ3n) is 12.1. The van der Waals surface area contributed by atoms with Gasteiger partial charge in [-0.25, -0.2) is 0 Å². The Bertz CT molecular complexity index is 3330. The van der Waals surface area contributed by atoms with Crippen LogP contribution in [-0.4, -0.2) is 0 Å². The summed E-state index contributed by atoms with van der Waals surface area (Å²) in [6.07, 6.45) is 0. The Kier molecular flexibility index (Phi) is 9.26. The minimum Gasteiger partial charge on any atom is -0.310 e. The molecule has 0 heterocycles. The Morgan fingerprint density at radius 1 is 0.213 bits per heavy atom. The Morgan fingerprint density at radius 2 is 0.672 bits per heavy atom. The molecule has 0 amide bonds. The quantitative estimate of drug-likeness (QED) is 0.139. The predicted octanol–water partition coefficient (Wildman–Crippen LogP) is 17.0. The summed E-state index contributed by atoms with van der Waals surface area (Å²) in [5.74, 6) is 0. The summed E-state index contributed by atoms with van der Waals surface area (Å²) in [5, 5.41) is 7.52. The molecule has 0 saturated heterocycles. The SMILES string of the molecule is c1ccc(-c2cccc(-c3ccc(N(c4ccc(-c5cccc6ccccc56)cc4)c4cc(-c5cccc6c5ccc5ccccc56)ccc4-c4ccccc4)cc3)c2)cc1. The first-order valence-electron chi connectivity index (χ1n) is 21.0. The van der Waals surface area contributed by atoms with Crippen LogP contribution in [0, 0.1) is 0 Å². The van der Waals surface area contributed by atoms with E-state index >= 15 is 0 Å². The predicted molar refractivity (Wildman–Crippen MR) is 261 cm³/mol. The maximum Gasteiger partial charge on any atom is 0.0546 e. The summed E-state index contributed by atoms with van der Waals surface area (Å²) < 4.78 is 0. The second kappa shape index (κ2) is 15.6. The molecule has 0 aliphatic rings. The Balaban J connectivity index is 1.09. The van der Waals surface area contributed by atoms with Crippen molar-refractivity contribution in [3.8, 4) is 55.6 Å². The summed E-state index contributed by atoms with van der Waals surface area (Å²) >= 11 is 0. The van der Waals surface area contributed by atoms with E-state index in [2.05, 4.69) is 254 Å². The highest BCUT2D eigenvalue weighted by atomic mass is 15.1. The molecule has 0 fully saturated rings. The van der Waals surface area contributed by atoms with Crippen LogP contribution < -0.4 is 4.90 Å². The lowest BCUT2D eigenvalue weighted by molar-refractivity contribution is 1.28. The Morgan fingerprint density at radius 3 is 1.38 bits per heavy atom. The highest BCUT2D eigenvalue weighted by Crippen LogP contribution is 2.45. The van der Waals surface area contributed by atoms with E-state index < -0.39 is 0 Å². The van der Waals surface area contributed by atoms with Crippen LogP contribution in [0.4, 0.5) is 17.1 Å². The van der Waals surface area contributed by atoms with E-state index in [0.29, 0.717) is 0 Å². The number of nitrogens with zero attached hydrogens (tertiary/aromatic N) is 1. The maximum absolute atomic E-state index is 2.43. The van der Waals surface area contributed by atoms with Gasteiger partial charge < -0.3 is 4.90 Å². The molecule has 0 radical (unpaired) electrons. The van der Waals surface area contributed by atoms with Gasteiger partial charge in [0.05, 0.1) is 5.69 Å². The number of hydrogen-bond donors (Lipinski definition) is 0. The molecule has 11 aromatic carbocycles. The standard InChI is InChI=1S/C60H41N/c1-3-14-42(15-4-1)48-21-11-22-49(40-48)43-28-34-51(35-29-43)61(52-36-30-47(31-37-52)54-25-12-20-44-18-7-9-23-53(44)54)60-41-50(33-38-57(60)45-16-5-2-6-17-45)56-26-13-27-58-55-24-10-8-19-46(55)32-39-59(56)58/h1-41H. The summed E-state index contributed by atoms with van der Waals surface area (Å²) in [7, 11) is 0. The van der Waals surface area contributed by atoms with Crippen molar-refractivity contribution >= 4 is 49.4 Å². The first-order valence-corrected chi connectivity index (χ1v) is 21.0. The smallest absolute Gasteiger partial charge is 0.0546 e. The molecule has 61 heavy (non-hydrogen) atoms. The van der Waals surface area contributed by atoms with Crippen molar-refractivity contribution in [2.45, 2.75) is 0 Å². The van der Waals surface area contributed by atoms with E-state index in [1.807, 2.05) is 0 Å². The lowest BCUT2D eigenvalue weighted by atomic mass is 9.92. The zero-order valence-corrected chi connectivity index (χ0v) is 33.6. The monoisotopic (exact) mass is 775 g/mol. The van der Waals surface area contributed by atoms with E-state index in [4.69, 9.17) is 0 Å². The fourth-order valence-corrected chi connectivity index (χ4v) is 9.04. The molecule has 11 aromatic rings. The Labute approximate surface area is 357 Å².